The third kappa shape index (κ3) is 5.19. The first-order chi connectivity index (χ1) is 9.71. The van der Waals surface area contributed by atoms with Gasteiger partial charge in [0.1, 0.15) is 0 Å². The molecule has 0 aliphatic carbocycles. The number of urea groups is 1. The molecule has 1 heterocycles. The zero-order chi connectivity index (χ0) is 16.1. The van der Waals surface area contributed by atoms with Crippen LogP contribution in [0.2, 0.25) is 0 Å². The zero-order valence-corrected chi connectivity index (χ0v) is 13.7. The Balaban J connectivity index is 2.36. The van der Waals surface area contributed by atoms with Gasteiger partial charge >= 0.3 is 12.0 Å². The standard InChI is InChI=1S/C15H29N3O3/c1-5-15(3,12(19)20)11-17-13(21)16-10-14(2)6-8-18(4)9-7-14/h5-11H2,1-4H3,(H,19,20)(H2,16,17,21). The summed E-state index contributed by atoms with van der Waals surface area (Å²) in [5.74, 6) is -0.882. The van der Waals surface area contributed by atoms with Gasteiger partial charge in [0.2, 0.25) is 0 Å². The average Bonchev–Trinajstić information content (AvgIpc) is 2.46. The number of nitrogens with zero attached hydrogens (tertiary/aromatic N) is 1. The quantitative estimate of drug-likeness (QED) is 0.694. The number of amides is 2. The van der Waals surface area contributed by atoms with Crippen LogP contribution in [0.4, 0.5) is 4.79 Å². The lowest BCUT2D eigenvalue weighted by molar-refractivity contribution is -0.147. The van der Waals surface area contributed by atoms with Crippen LogP contribution < -0.4 is 10.6 Å². The minimum absolute atomic E-state index is 0.130. The molecule has 0 bridgehead atoms. The molecule has 0 aromatic carbocycles. The Morgan fingerprint density at radius 2 is 1.86 bits per heavy atom. The number of carboxylic acid groups (broad SMARTS) is 1. The molecule has 6 heteroatoms. The Labute approximate surface area is 127 Å². The van der Waals surface area contributed by atoms with Crippen molar-refractivity contribution in [3.8, 4) is 0 Å². The van der Waals surface area contributed by atoms with Crippen LogP contribution in [0.25, 0.3) is 0 Å². The average molecular weight is 299 g/mol. The first-order valence-corrected chi connectivity index (χ1v) is 7.64. The maximum absolute atomic E-state index is 11.9. The lowest BCUT2D eigenvalue weighted by atomic mass is 9.80. The fraction of sp³-hybridized carbons (Fsp3) is 0.867. The predicted octanol–water partition coefficient (Wildman–Crippen LogP) is 1.52. The van der Waals surface area contributed by atoms with E-state index in [4.69, 9.17) is 5.11 Å². The zero-order valence-electron chi connectivity index (χ0n) is 13.7. The second-order valence-corrected chi connectivity index (χ2v) is 6.87. The van der Waals surface area contributed by atoms with Gasteiger partial charge in [0, 0.05) is 13.1 Å². The number of hydrogen-bond donors (Lipinski definition) is 3. The summed E-state index contributed by atoms with van der Waals surface area (Å²) in [4.78, 5) is 25.3. The predicted molar refractivity (Wildman–Crippen MR) is 82.3 cm³/mol. The van der Waals surface area contributed by atoms with Crippen molar-refractivity contribution in [2.45, 2.75) is 40.0 Å². The molecule has 3 N–H and O–H groups in total. The minimum atomic E-state index is -0.908. The van der Waals surface area contributed by atoms with E-state index in [1.165, 1.54) is 0 Å². The maximum Gasteiger partial charge on any atom is 0.314 e. The highest BCUT2D eigenvalue weighted by Gasteiger charge is 2.32. The summed E-state index contributed by atoms with van der Waals surface area (Å²) in [7, 11) is 2.11. The molecule has 1 fully saturated rings. The second-order valence-electron chi connectivity index (χ2n) is 6.87. The van der Waals surface area contributed by atoms with E-state index in [0.717, 1.165) is 25.9 Å². The maximum atomic E-state index is 11.9. The minimum Gasteiger partial charge on any atom is -0.481 e. The molecule has 122 valence electrons. The molecule has 21 heavy (non-hydrogen) atoms. The summed E-state index contributed by atoms with van der Waals surface area (Å²) in [5, 5.41) is 14.7. The molecule has 1 aliphatic rings. The van der Waals surface area contributed by atoms with E-state index in [-0.39, 0.29) is 18.0 Å². The number of carbonyl (C=O) groups excluding carboxylic acids is 1. The molecule has 1 saturated heterocycles. The molecule has 1 unspecified atom stereocenters. The largest absolute Gasteiger partial charge is 0.481 e. The van der Waals surface area contributed by atoms with Gasteiger partial charge in [-0.1, -0.05) is 13.8 Å². The molecule has 0 aromatic rings. The molecular formula is C15H29N3O3. The van der Waals surface area contributed by atoms with Crippen LogP contribution in [0.1, 0.15) is 40.0 Å². The van der Waals surface area contributed by atoms with Crippen LogP contribution in [-0.4, -0.2) is 55.2 Å². The number of hydrogen-bond acceptors (Lipinski definition) is 3. The molecule has 1 rings (SSSR count). The van der Waals surface area contributed by atoms with E-state index in [0.29, 0.717) is 13.0 Å². The summed E-state index contributed by atoms with van der Waals surface area (Å²) in [6.45, 7) is 8.51. The SMILES string of the molecule is CCC(C)(CNC(=O)NCC1(C)CCN(C)CC1)C(=O)O. The highest BCUT2D eigenvalue weighted by Crippen LogP contribution is 2.29. The lowest BCUT2D eigenvalue weighted by Gasteiger charge is -2.38. The van der Waals surface area contributed by atoms with Crippen molar-refractivity contribution in [3.63, 3.8) is 0 Å². The van der Waals surface area contributed by atoms with E-state index >= 15 is 0 Å². The molecule has 0 saturated carbocycles. The van der Waals surface area contributed by atoms with Gasteiger partial charge in [-0.05, 0) is 51.7 Å². The Morgan fingerprint density at radius 1 is 1.29 bits per heavy atom. The van der Waals surface area contributed by atoms with Crippen molar-refractivity contribution in [1.29, 1.82) is 0 Å². The van der Waals surface area contributed by atoms with Crippen molar-refractivity contribution in [1.82, 2.24) is 15.5 Å². The van der Waals surface area contributed by atoms with Crippen LogP contribution in [0.15, 0.2) is 0 Å². The monoisotopic (exact) mass is 299 g/mol. The van der Waals surface area contributed by atoms with Gasteiger partial charge in [0.15, 0.2) is 0 Å². The highest BCUT2D eigenvalue weighted by atomic mass is 16.4. The number of likely N-dealkylation sites (tertiary alicyclic amines) is 1. The van der Waals surface area contributed by atoms with E-state index in [9.17, 15) is 9.59 Å². The van der Waals surface area contributed by atoms with Gasteiger partial charge in [0.05, 0.1) is 5.41 Å². The van der Waals surface area contributed by atoms with Gasteiger partial charge in [-0.2, -0.15) is 0 Å². The van der Waals surface area contributed by atoms with Gasteiger partial charge in [-0.15, -0.1) is 0 Å². The number of rotatable bonds is 6. The van der Waals surface area contributed by atoms with Crippen LogP contribution in [-0.2, 0) is 4.79 Å². The van der Waals surface area contributed by atoms with E-state index in [1.807, 2.05) is 6.92 Å². The van der Waals surface area contributed by atoms with Gasteiger partial charge in [-0.3, -0.25) is 4.79 Å². The van der Waals surface area contributed by atoms with Crippen molar-refractivity contribution < 1.29 is 14.7 Å². The number of aliphatic carboxylic acids is 1. The molecule has 0 aromatic heterocycles. The number of carbonyl (C=O) groups is 2. The summed E-state index contributed by atoms with van der Waals surface area (Å²) in [6.07, 6.45) is 2.60. The van der Waals surface area contributed by atoms with Gasteiger partial charge < -0.3 is 20.6 Å². The van der Waals surface area contributed by atoms with E-state index in [2.05, 4.69) is 29.5 Å². The Kier molecular flexibility index (Phi) is 6.01. The van der Waals surface area contributed by atoms with E-state index in [1.54, 1.807) is 6.92 Å². The molecule has 0 radical (unpaired) electrons. The fourth-order valence-corrected chi connectivity index (χ4v) is 2.32. The molecule has 1 aliphatic heterocycles. The number of nitrogens with one attached hydrogen (secondary N) is 2. The molecule has 1 atom stereocenters. The fourth-order valence-electron chi connectivity index (χ4n) is 2.32. The topological polar surface area (TPSA) is 81.7 Å². The summed E-state index contributed by atoms with van der Waals surface area (Å²) >= 11 is 0. The highest BCUT2D eigenvalue weighted by molar-refractivity contribution is 5.77. The number of piperidine rings is 1. The van der Waals surface area contributed by atoms with Gasteiger partial charge in [-0.25, -0.2) is 4.79 Å². The summed E-state index contributed by atoms with van der Waals surface area (Å²) in [6, 6.07) is -0.281. The Morgan fingerprint density at radius 3 is 2.33 bits per heavy atom. The second kappa shape index (κ2) is 7.11. The molecule has 2 amide bonds. The molecular weight excluding hydrogens is 270 g/mol. The van der Waals surface area contributed by atoms with Crippen molar-refractivity contribution in [3.05, 3.63) is 0 Å². The van der Waals surface area contributed by atoms with Crippen molar-refractivity contribution in [2.75, 3.05) is 33.2 Å². The van der Waals surface area contributed by atoms with Crippen LogP contribution >= 0.6 is 0 Å². The third-order valence-electron chi connectivity index (χ3n) is 4.81. The Hall–Kier alpha value is -1.30. The van der Waals surface area contributed by atoms with Crippen LogP contribution in [0.5, 0.6) is 0 Å². The summed E-state index contributed by atoms with van der Waals surface area (Å²) in [5.41, 5.74) is -0.778. The first kappa shape index (κ1) is 17.8. The normalized spacial score (nSPS) is 21.3. The van der Waals surface area contributed by atoms with Crippen molar-refractivity contribution >= 4 is 12.0 Å². The van der Waals surface area contributed by atoms with Crippen LogP contribution in [0, 0.1) is 10.8 Å². The Bertz CT molecular complexity index is 378. The van der Waals surface area contributed by atoms with Gasteiger partial charge in [0.25, 0.3) is 0 Å². The van der Waals surface area contributed by atoms with Crippen LogP contribution in [0.3, 0.4) is 0 Å². The summed E-state index contributed by atoms with van der Waals surface area (Å²) < 4.78 is 0. The lowest BCUT2D eigenvalue weighted by Crippen LogP contribution is -2.48. The first-order valence-electron chi connectivity index (χ1n) is 7.64. The molecule has 6 nitrogen and oxygen atoms in total. The number of carboxylic acids is 1. The molecule has 0 spiro atoms. The third-order valence-corrected chi connectivity index (χ3v) is 4.81. The van der Waals surface area contributed by atoms with Crippen molar-refractivity contribution in [2.24, 2.45) is 10.8 Å². The smallest absolute Gasteiger partial charge is 0.314 e. The van der Waals surface area contributed by atoms with E-state index < -0.39 is 11.4 Å².